The minimum Gasteiger partial charge on any atom is -0.481 e. The second-order valence-electron chi connectivity index (χ2n) is 3.68. The number of carbonyl (C=O) groups is 3. The number of aliphatic carboxylic acids is 2. The van der Waals surface area contributed by atoms with Crippen LogP contribution in [0.3, 0.4) is 0 Å². The van der Waals surface area contributed by atoms with E-state index in [2.05, 4.69) is 0 Å². The Kier molecular flexibility index (Phi) is 4.22. The van der Waals surface area contributed by atoms with Crippen molar-refractivity contribution in [2.75, 3.05) is 0 Å². The normalized spacial score (nSPS) is 13.0. The number of carbonyl (C=O) groups excluding carboxylic acids is 1. The minimum atomic E-state index is -1.46. The summed E-state index contributed by atoms with van der Waals surface area (Å²) in [6.45, 7) is 2.78. The number of nitrogens with two attached hydrogens (primary N) is 1. The van der Waals surface area contributed by atoms with Gasteiger partial charge in [0.15, 0.2) is 0 Å². The van der Waals surface area contributed by atoms with Crippen LogP contribution in [0.25, 0.3) is 0 Å². The molecule has 0 aliphatic rings. The molecule has 7 nitrogen and oxygen atoms in total. The molecule has 15 heavy (non-hydrogen) atoms. The first kappa shape index (κ1) is 13.4. The largest absolute Gasteiger partial charge is 0.481 e. The molecule has 1 amide bonds. The van der Waals surface area contributed by atoms with Crippen molar-refractivity contribution in [2.45, 2.75) is 31.8 Å². The van der Waals surface area contributed by atoms with E-state index in [0.29, 0.717) is 0 Å². The third-order valence-electron chi connectivity index (χ3n) is 1.57. The second-order valence-corrected chi connectivity index (χ2v) is 3.68. The Morgan fingerprint density at radius 2 is 1.80 bits per heavy atom. The molecule has 0 aromatic carbocycles. The summed E-state index contributed by atoms with van der Waals surface area (Å²) in [6, 6.07) is -1.46. The van der Waals surface area contributed by atoms with Gasteiger partial charge in [-0.1, -0.05) is 0 Å². The van der Waals surface area contributed by atoms with Crippen LogP contribution in [0.2, 0.25) is 0 Å². The number of nitrogens with one attached hydrogen (secondary N) is 1. The van der Waals surface area contributed by atoms with E-state index in [4.69, 9.17) is 15.9 Å². The lowest BCUT2D eigenvalue weighted by molar-refractivity contribution is -0.147. The van der Waals surface area contributed by atoms with Gasteiger partial charge < -0.3 is 21.3 Å². The molecule has 86 valence electrons. The lowest BCUT2D eigenvalue weighted by Gasteiger charge is -2.20. The third kappa shape index (κ3) is 4.96. The number of carboxylic acid groups (broad SMARTS) is 2. The van der Waals surface area contributed by atoms with Crippen LogP contribution in [0.15, 0.2) is 0 Å². The molecule has 0 bridgehead atoms. The van der Waals surface area contributed by atoms with Gasteiger partial charge >= 0.3 is 11.9 Å². The maximum absolute atomic E-state index is 11.3. The molecule has 0 saturated carbocycles. The van der Waals surface area contributed by atoms with Crippen LogP contribution in [0.1, 0.15) is 20.3 Å². The maximum Gasteiger partial charge on any atom is 0.326 e. The van der Waals surface area contributed by atoms with Crippen LogP contribution >= 0.6 is 0 Å². The predicted octanol–water partition coefficient (Wildman–Crippen LogP) is -1.23. The van der Waals surface area contributed by atoms with Crippen molar-refractivity contribution in [1.82, 2.24) is 5.32 Å². The summed E-state index contributed by atoms with van der Waals surface area (Å²) < 4.78 is 0. The molecule has 0 aromatic heterocycles. The molecule has 5 N–H and O–H groups in total. The summed E-state index contributed by atoms with van der Waals surface area (Å²) in [7, 11) is 0. The van der Waals surface area contributed by atoms with Gasteiger partial charge in [0, 0.05) is 0 Å². The molecule has 0 fully saturated rings. The fourth-order valence-corrected chi connectivity index (χ4v) is 0.719. The number of amides is 1. The number of hydrogen-bond acceptors (Lipinski definition) is 4. The van der Waals surface area contributed by atoms with E-state index in [1.807, 2.05) is 5.32 Å². The van der Waals surface area contributed by atoms with Crippen LogP contribution in [0, 0.1) is 0 Å². The molecule has 0 rings (SSSR count). The van der Waals surface area contributed by atoms with Gasteiger partial charge in [-0.25, -0.2) is 4.79 Å². The highest BCUT2D eigenvalue weighted by atomic mass is 16.4. The predicted molar refractivity (Wildman–Crippen MR) is 50.1 cm³/mol. The summed E-state index contributed by atoms with van der Waals surface area (Å²) in [5.74, 6) is -3.43. The van der Waals surface area contributed by atoms with Crippen molar-refractivity contribution < 1.29 is 24.6 Å². The van der Waals surface area contributed by atoms with E-state index >= 15 is 0 Å². The Morgan fingerprint density at radius 1 is 1.33 bits per heavy atom. The highest BCUT2D eigenvalue weighted by Gasteiger charge is 2.29. The molecule has 0 unspecified atom stereocenters. The van der Waals surface area contributed by atoms with Gasteiger partial charge in [0.05, 0.1) is 12.0 Å². The zero-order chi connectivity index (χ0) is 12.2. The molecule has 0 spiro atoms. The van der Waals surface area contributed by atoms with Gasteiger partial charge in [-0.2, -0.15) is 0 Å². The summed E-state index contributed by atoms with van der Waals surface area (Å²) >= 11 is 0. The molecule has 0 saturated heterocycles. The van der Waals surface area contributed by atoms with E-state index in [0.717, 1.165) is 0 Å². The Morgan fingerprint density at radius 3 is 2.07 bits per heavy atom. The lowest BCUT2D eigenvalue weighted by atomic mass is 10.1. The molecule has 7 heteroatoms. The van der Waals surface area contributed by atoms with E-state index < -0.39 is 35.8 Å². The van der Waals surface area contributed by atoms with Crippen molar-refractivity contribution in [3.63, 3.8) is 0 Å². The van der Waals surface area contributed by atoms with Crippen LogP contribution in [0.5, 0.6) is 0 Å². The zero-order valence-electron chi connectivity index (χ0n) is 8.48. The van der Waals surface area contributed by atoms with Crippen molar-refractivity contribution in [3.8, 4) is 0 Å². The highest BCUT2D eigenvalue weighted by molar-refractivity contribution is 5.90. The van der Waals surface area contributed by atoms with Gasteiger partial charge in [-0.3, -0.25) is 9.59 Å². The second kappa shape index (κ2) is 4.74. The van der Waals surface area contributed by atoms with Crippen molar-refractivity contribution >= 4 is 17.8 Å². The van der Waals surface area contributed by atoms with Crippen LogP contribution < -0.4 is 11.1 Å². The number of hydrogen-bond donors (Lipinski definition) is 4. The van der Waals surface area contributed by atoms with Gasteiger partial charge in [-0.05, 0) is 13.8 Å². The number of carboxylic acids is 2. The fraction of sp³-hybridized carbons (Fsp3) is 0.625. The Bertz CT molecular complexity index is 281. The summed E-state index contributed by atoms with van der Waals surface area (Å²) in [4.78, 5) is 32.1. The molecule has 0 radical (unpaired) electrons. The summed E-state index contributed by atoms with van der Waals surface area (Å²) in [5, 5.41) is 19.1. The number of rotatable bonds is 5. The van der Waals surface area contributed by atoms with E-state index in [1.54, 1.807) is 0 Å². The SMILES string of the molecule is CC(C)(N)C(=O)N[C@@H](CC(=O)O)C(=O)O. The standard InChI is InChI=1S/C8H14N2O5/c1-8(2,9)7(15)10-4(6(13)14)3-5(11)12/h4H,3,9H2,1-2H3,(H,10,15)(H,11,12)(H,13,14)/t4-/m0/s1. The molecule has 0 aliphatic heterocycles. The van der Waals surface area contributed by atoms with Crippen LogP contribution in [-0.4, -0.2) is 39.6 Å². The van der Waals surface area contributed by atoms with Gasteiger partial charge in [0.1, 0.15) is 6.04 Å². The molecular formula is C8H14N2O5. The van der Waals surface area contributed by atoms with Gasteiger partial charge in [-0.15, -0.1) is 0 Å². The first-order valence-corrected chi connectivity index (χ1v) is 4.19. The van der Waals surface area contributed by atoms with E-state index in [-0.39, 0.29) is 0 Å². The molecule has 0 aromatic rings. The first-order valence-electron chi connectivity index (χ1n) is 4.19. The van der Waals surface area contributed by atoms with E-state index in [9.17, 15) is 14.4 Å². The summed E-state index contributed by atoms with van der Waals surface area (Å²) in [6.07, 6.45) is -0.683. The van der Waals surface area contributed by atoms with Crippen molar-refractivity contribution in [2.24, 2.45) is 5.73 Å². The maximum atomic E-state index is 11.3. The van der Waals surface area contributed by atoms with Gasteiger partial charge in [0.2, 0.25) is 5.91 Å². The Labute approximate surface area is 86.3 Å². The topological polar surface area (TPSA) is 130 Å². The zero-order valence-corrected chi connectivity index (χ0v) is 8.48. The Balaban J connectivity index is 4.50. The van der Waals surface area contributed by atoms with Crippen LogP contribution in [-0.2, 0) is 14.4 Å². The lowest BCUT2D eigenvalue weighted by Crippen LogP contribution is -2.54. The van der Waals surface area contributed by atoms with Crippen molar-refractivity contribution in [3.05, 3.63) is 0 Å². The summed E-state index contributed by atoms with van der Waals surface area (Å²) in [5.41, 5.74) is 4.16. The first-order chi connectivity index (χ1) is 6.64. The molecular weight excluding hydrogens is 204 g/mol. The average Bonchev–Trinajstić information content (AvgIpc) is 1.99. The Hall–Kier alpha value is -1.63. The van der Waals surface area contributed by atoms with Gasteiger partial charge in [0.25, 0.3) is 0 Å². The smallest absolute Gasteiger partial charge is 0.326 e. The molecule has 0 aliphatic carbocycles. The molecule has 0 heterocycles. The molecule has 1 atom stereocenters. The monoisotopic (exact) mass is 218 g/mol. The van der Waals surface area contributed by atoms with Crippen LogP contribution in [0.4, 0.5) is 0 Å². The van der Waals surface area contributed by atoms with Crippen molar-refractivity contribution in [1.29, 1.82) is 0 Å². The average molecular weight is 218 g/mol. The fourth-order valence-electron chi connectivity index (χ4n) is 0.719. The highest BCUT2D eigenvalue weighted by Crippen LogP contribution is 2.00. The third-order valence-corrected chi connectivity index (χ3v) is 1.57. The minimum absolute atomic E-state index is 0.683. The van der Waals surface area contributed by atoms with E-state index in [1.165, 1.54) is 13.8 Å². The quantitative estimate of drug-likeness (QED) is 0.457.